The van der Waals surface area contributed by atoms with Crippen LogP contribution in [0.5, 0.6) is 0 Å². The molecular formula is C17H23N3O2. The molecule has 0 heterocycles. The van der Waals surface area contributed by atoms with Gasteiger partial charge in [0.1, 0.15) is 11.6 Å². The summed E-state index contributed by atoms with van der Waals surface area (Å²) in [6, 6.07) is 10.2. The number of nitriles is 1. The minimum atomic E-state index is -0.360. The first-order valence-electron chi connectivity index (χ1n) is 7.33. The first-order valence-corrected chi connectivity index (χ1v) is 7.33. The van der Waals surface area contributed by atoms with Gasteiger partial charge < -0.3 is 15.4 Å². The highest BCUT2D eigenvalue weighted by molar-refractivity contribution is 5.97. The smallest absolute Gasteiger partial charge is 0.263 e. The summed E-state index contributed by atoms with van der Waals surface area (Å²) in [6.45, 7) is 3.80. The van der Waals surface area contributed by atoms with Crippen LogP contribution in [0.4, 0.5) is 0 Å². The highest BCUT2D eigenvalue weighted by atomic mass is 16.5. The maximum Gasteiger partial charge on any atom is 0.263 e. The average Bonchev–Trinajstić information content (AvgIpc) is 2.53. The summed E-state index contributed by atoms with van der Waals surface area (Å²) in [5, 5.41) is 14.7. The molecule has 0 saturated heterocycles. The van der Waals surface area contributed by atoms with Gasteiger partial charge in [-0.15, -0.1) is 0 Å². The van der Waals surface area contributed by atoms with E-state index in [1.165, 1.54) is 17.3 Å². The average molecular weight is 301 g/mol. The van der Waals surface area contributed by atoms with E-state index >= 15 is 0 Å². The maximum absolute atomic E-state index is 11.8. The van der Waals surface area contributed by atoms with Crippen molar-refractivity contribution in [3.8, 4) is 6.07 Å². The number of amides is 1. The molecule has 0 atom stereocenters. The van der Waals surface area contributed by atoms with Crippen LogP contribution in [0.2, 0.25) is 0 Å². The zero-order valence-corrected chi connectivity index (χ0v) is 13.2. The van der Waals surface area contributed by atoms with Gasteiger partial charge in [-0.05, 0) is 25.3 Å². The van der Waals surface area contributed by atoms with E-state index < -0.39 is 0 Å². The number of hydrogen-bond donors (Lipinski definition) is 2. The minimum Gasteiger partial charge on any atom is -0.389 e. The predicted octanol–water partition coefficient (Wildman–Crippen LogP) is 1.69. The molecule has 1 aromatic carbocycles. The lowest BCUT2D eigenvalue weighted by atomic mass is 10.1. The quantitative estimate of drug-likeness (QED) is 0.413. The molecule has 0 spiro atoms. The van der Waals surface area contributed by atoms with Gasteiger partial charge in [-0.1, -0.05) is 29.8 Å². The lowest BCUT2D eigenvalue weighted by Crippen LogP contribution is -2.27. The number of nitrogens with one attached hydrogen (secondary N) is 2. The number of benzene rings is 1. The second kappa shape index (κ2) is 10.4. The second-order valence-electron chi connectivity index (χ2n) is 4.96. The van der Waals surface area contributed by atoms with Crippen LogP contribution in [-0.2, 0) is 16.0 Å². The molecule has 2 N–H and O–H groups in total. The zero-order chi connectivity index (χ0) is 16.2. The SMILES string of the molecule is COCCCNC(=O)/C(C#N)=C\NCCc1ccc(C)cc1. The topological polar surface area (TPSA) is 74.1 Å². The Labute approximate surface area is 132 Å². The summed E-state index contributed by atoms with van der Waals surface area (Å²) >= 11 is 0. The Morgan fingerprint density at radius 3 is 2.68 bits per heavy atom. The van der Waals surface area contributed by atoms with E-state index in [0.29, 0.717) is 19.7 Å². The van der Waals surface area contributed by atoms with E-state index in [9.17, 15) is 4.79 Å². The van der Waals surface area contributed by atoms with Crippen molar-refractivity contribution in [1.82, 2.24) is 10.6 Å². The molecule has 118 valence electrons. The minimum absolute atomic E-state index is 0.0846. The molecule has 0 saturated carbocycles. The normalized spacial score (nSPS) is 10.9. The number of rotatable bonds is 9. The van der Waals surface area contributed by atoms with Crippen LogP contribution in [0.15, 0.2) is 36.0 Å². The van der Waals surface area contributed by atoms with Gasteiger partial charge in [0.05, 0.1) is 0 Å². The van der Waals surface area contributed by atoms with Crippen molar-refractivity contribution in [2.75, 3.05) is 26.8 Å². The van der Waals surface area contributed by atoms with Gasteiger partial charge in [-0.25, -0.2) is 0 Å². The highest BCUT2D eigenvalue weighted by Crippen LogP contribution is 2.03. The van der Waals surface area contributed by atoms with Gasteiger partial charge in [0.15, 0.2) is 0 Å². The van der Waals surface area contributed by atoms with E-state index in [1.807, 2.05) is 6.07 Å². The summed E-state index contributed by atoms with van der Waals surface area (Å²) in [7, 11) is 1.61. The molecule has 0 unspecified atom stereocenters. The zero-order valence-electron chi connectivity index (χ0n) is 13.2. The molecule has 5 heteroatoms. The Bertz CT molecular complexity index is 530. The molecule has 0 aliphatic rings. The standard InChI is InChI=1S/C17H23N3O2/c1-14-4-6-15(7-5-14)8-10-19-13-16(12-18)17(21)20-9-3-11-22-2/h4-7,13,19H,3,8-11H2,1-2H3,(H,20,21)/b16-13-. The lowest BCUT2D eigenvalue weighted by molar-refractivity contribution is -0.117. The molecule has 0 aliphatic carbocycles. The van der Waals surface area contributed by atoms with Crippen molar-refractivity contribution in [2.45, 2.75) is 19.8 Å². The monoisotopic (exact) mass is 301 g/mol. The van der Waals surface area contributed by atoms with Crippen molar-refractivity contribution in [3.05, 3.63) is 47.2 Å². The fraction of sp³-hybridized carbons (Fsp3) is 0.412. The van der Waals surface area contributed by atoms with Crippen molar-refractivity contribution in [2.24, 2.45) is 0 Å². The van der Waals surface area contributed by atoms with Gasteiger partial charge in [-0.3, -0.25) is 4.79 Å². The van der Waals surface area contributed by atoms with E-state index in [-0.39, 0.29) is 11.5 Å². The van der Waals surface area contributed by atoms with Crippen LogP contribution in [0.25, 0.3) is 0 Å². The van der Waals surface area contributed by atoms with Crippen LogP contribution in [0.1, 0.15) is 17.5 Å². The lowest BCUT2D eigenvalue weighted by Gasteiger charge is -2.05. The summed E-state index contributed by atoms with van der Waals surface area (Å²) in [5.41, 5.74) is 2.53. The molecule has 22 heavy (non-hydrogen) atoms. The molecular weight excluding hydrogens is 278 g/mol. The number of ether oxygens (including phenoxy) is 1. The van der Waals surface area contributed by atoms with E-state index in [4.69, 9.17) is 10.00 Å². The van der Waals surface area contributed by atoms with Gasteiger partial charge in [0.2, 0.25) is 0 Å². The Balaban J connectivity index is 2.33. The van der Waals surface area contributed by atoms with E-state index in [2.05, 4.69) is 41.8 Å². The summed E-state index contributed by atoms with van der Waals surface area (Å²) in [4.78, 5) is 11.8. The van der Waals surface area contributed by atoms with Crippen molar-refractivity contribution < 1.29 is 9.53 Å². The third-order valence-corrected chi connectivity index (χ3v) is 3.10. The largest absolute Gasteiger partial charge is 0.389 e. The maximum atomic E-state index is 11.8. The number of carbonyl (C=O) groups excluding carboxylic acids is 1. The van der Waals surface area contributed by atoms with Crippen LogP contribution >= 0.6 is 0 Å². The number of carbonyl (C=O) groups is 1. The number of aryl methyl sites for hydroxylation is 1. The van der Waals surface area contributed by atoms with E-state index in [0.717, 1.165) is 12.8 Å². The van der Waals surface area contributed by atoms with Gasteiger partial charge in [-0.2, -0.15) is 5.26 Å². The van der Waals surface area contributed by atoms with Crippen molar-refractivity contribution in [1.29, 1.82) is 5.26 Å². The van der Waals surface area contributed by atoms with Crippen LogP contribution in [-0.4, -0.2) is 32.7 Å². The van der Waals surface area contributed by atoms with Gasteiger partial charge in [0.25, 0.3) is 5.91 Å². The predicted molar refractivity (Wildman–Crippen MR) is 86.1 cm³/mol. The first kappa shape index (κ1) is 17.7. The van der Waals surface area contributed by atoms with Gasteiger partial charge in [0, 0.05) is 33.0 Å². The first-order chi connectivity index (χ1) is 10.7. The Morgan fingerprint density at radius 2 is 2.05 bits per heavy atom. The third-order valence-electron chi connectivity index (χ3n) is 3.10. The van der Waals surface area contributed by atoms with Crippen molar-refractivity contribution in [3.63, 3.8) is 0 Å². The number of methoxy groups -OCH3 is 1. The summed E-state index contributed by atoms with van der Waals surface area (Å²) < 4.78 is 4.90. The Hall–Kier alpha value is -2.32. The molecule has 5 nitrogen and oxygen atoms in total. The second-order valence-corrected chi connectivity index (χ2v) is 4.96. The number of hydrogen-bond acceptors (Lipinski definition) is 4. The third kappa shape index (κ3) is 6.91. The number of nitrogens with zero attached hydrogens (tertiary/aromatic N) is 1. The van der Waals surface area contributed by atoms with Crippen LogP contribution in [0.3, 0.4) is 0 Å². The van der Waals surface area contributed by atoms with Gasteiger partial charge >= 0.3 is 0 Å². The molecule has 0 aromatic heterocycles. The molecule has 1 aromatic rings. The molecule has 1 rings (SSSR count). The van der Waals surface area contributed by atoms with Crippen molar-refractivity contribution >= 4 is 5.91 Å². The fourth-order valence-corrected chi connectivity index (χ4v) is 1.81. The van der Waals surface area contributed by atoms with E-state index in [1.54, 1.807) is 7.11 Å². The Morgan fingerprint density at radius 1 is 1.32 bits per heavy atom. The Kier molecular flexibility index (Phi) is 8.39. The summed E-state index contributed by atoms with van der Waals surface area (Å²) in [6.07, 6.45) is 3.03. The molecule has 0 aliphatic heterocycles. The molecule has 0 fully saturated rings. The molecule has 0 bridgehead atoms. The fourth-order valence-electron chi connectivity index (χ4n) is 1.81. The highest BCUT2D eigenvalue weighted by Gasteiger charge is 2.07. The van der Waals surface area contributed by atoms with Crippen LogP contribution < -0.4 is 10.6 Å². The summed E-state index contributed by atoms with van der Waals surface area (Å²) in [5.74, 6) is -0.360. The molecule has 1 amide bonds. The van der Waals surface area contributed by atoms with Crippen LogP contribution in [0, 0.1) is 18.3 Å². The molecule has 0 radical (unpaired) electrons.